The first-order chi connectivity index (χ1) is 6.33. The standard InChI is InChI=1S/C4H3Cl2NS.C3H3NS/c5-1-3-2-7-4(6)8-3;1-2-5-3-4-1/h2H,1H2;1-3H. The topological polar surface area (TPSA) is 25.8 Å². The third-order valence-electron chi connectivity index (χ3n) is 1.00. The van der Waals surface area contributed by atoms with Gasteiger partial charge in [-0.2, -0.15) is 0 Å². The second-order valence-electron chi connectivity index (χ2n) is 1.89. The summed E-state index contributed by atoms with van der Waals surface area (Å²) in [6.45, 7) is 0. The number of aromatic nitrogens is 2. The summed E-state index contributed by atoms with van der Waals surface area (Å²) in [7, 11) is 0. The number of alkyl halides is 1. The largest absolute Gasteiger partial charge is 0.253 e. The van der Waals surface area contributed by atoms with Crippen molar-refractivity contribution in [1.29, 1.82) is 0 Å². The second kappa shape index (κ2) is 6.32. The van der Waals surface area contributed by atoms with E-state index in [9.17, 15) is 0 Å². The first-order valence-electron chi connectivity index (χ1n) is 3.31. The first kappa shape index (κ1) is 10.9. The fourth-order valence-electron chi connectivity index (χ4n) is 0.521. The third kappa shape index (κ3) is 4.57. The Morgan fingerprint density at radius 2 is 2.31 bits per heavy atom. The predicted molar refractivity (Wildman–Crippen MR) is 58.8 cm³/mol. The van der Waals surface area contributed by atoms with Gasteiger partial charge in [0, 0.05) is 22.7 Å². The average Bonchev–Trinajstić information content (AvgIpc) is 2.76. The van der Waals surface area contributed by atoms with Gasteiger partial charge in [0.15, 0.2) is 4.47 Å². The van der Waals surface area contributed by atoms with E-state index in [1.54, 1.807) is 29.2 Å². The van der Waals surface area contributed by atoms with Crippen LogP contribution in [0.2, 0.25) is 4.47 Å². The monoisotopic (exact) mass is 252 g/mol. The van der Waals surface area contributed by atoms with Crippen molar-refractivity contribution in [1.82, 2.24) is 9.97 Å². The van der Waals surface area contributed by atoms with Gasteiger partial charge in [0.1, 0.15) is 0 Å². The zero-order valence-electron chi connectivity index (χ0n) is 6.48. The van der Waals surface area contributed by atoms with Crippen molar-refractivity contribution in [3.63, 3.8) is 0 Å². The summed E-state index contributed by atoms with van der Waals surface area (Å²) in [4.78, 5) is 8.54. The minimum absolute atomic E-state index is 0.504. The minimum atomic E-state index is 0.504. The molecule has 0 aliphatic heterocycles. The summed E-state index contributed by atoms with van der Waals surface area (Å²) in [5, 5.41) is 1.93. The molecule has 0 atom stereocenters. The Hall–Kier alpha value is -0.160. The molecule has 2 heterocycles. The molecule has 0 aliphatic rings. The van der Waals surface area contributed by atoms with E-state index in [1.165, 1.54) is 11.3 Å². The molecule has 0 saturated carbocycles. The summed E-state index contributed by atoms with van der Waals surface area (Å²) in [5.74, 6) is 0.504. The van der Waals surface area contributed by atoms with Crippen molar-refractivity contribution in [2.75, 3.05) is 0 Å². The number of halogens is 2. The van der Waals surface area contributed by atoms with Crippen molar-refractivity contribution in [2.24, 2.45) is 0 Å². The normalized spacial score (nSPS) is 9.08. The van der Waals surface area contributed by atoms with Crippen molar-refractivity contribution in [3.8, 4) is 0 Å². The molecule has 2 rings (SSSR count). The summed E-state index contributed by atoms with van der Waals surface area (Å²) >= 11 is 14.0. The molecule has 70 valence electrons. The van der Waals surface area contributed by atoms with E-state index in [-0.39, 0.29) is 0 Å². The van der Waals surface area contributed by atoms with Gasteiger partial charge in [-0.3, -0.25) is 4.98 Å². The lowest BCUT2D eigenvalue weighted by Gasteiger charge is -1.75. The zero-order chi connectivity index (χ0) is 9.52. The number of hydrogen-bond donors (Lipinski definition) is 0. The van der Waals surface area contributed by atoms with E-state index < -0.39 is 0 Å². The highest BCUT2D eigenvalue weighted by Crippen LogP contribution is 2.18. The first-order valence-corrected chi connectivity index (χ1v) is 5.98. The molecule has 0 saturated heterocycles. The Balaban J connectivity index is 0.000000145. The molecular formula is C7H6Cl2N2S2. The van der Waals surface area contributed by atoms with Crippen LogP contribution in [0.25, 0.3) is 0 Å². The van der Waals surface area contributed by atoms with Gasteiger partial charge in [0.2, 0.25) is 0 Å². The highest BCUT2D eigenvalue weighted by atomic mass is 35.5. The molecule has 0 amide bonds. The van der Waals surface area contributed by atoms with Crippen LogP contribution in [0.15, 0.2) is 23.3 Å². The molecule has 0 unspecified atom stereocenters. The Kier molecular flexibility index (Phi) is 5.31. The predicted octanol–water partition coefficient (Wildman–Crippen LogP) is 3.68. The van der Waals surface area contributed by atoms with Gasteiger partial charge in [-0.1, -0.05) is 11.6 Å². The Morgan fingerprint density at radius 3 is 2.54 bits per heavy atom. The maximum Gasteiger partial charge on any atom is 0.183 e. The molecular weight excluding hydrogens is 247 g/mol. The molecule has 0 fully saturated rings. The van der Waals surface area contributed by atoms with E-state index in [4.69, 9.17) is 23.2 Å². The molecule has 2 nitrogen and oxygen atoms in total. The van der Waals surface area contributed by atoms with Gasteiger partial charge in [-0.05, 0) is 0 Å². The van der Waals surface area contributed by atoms with Gasteiger partial charge in [0.25, 0.3) is 0 Å². The van der Waals surface area contributed by atoms with E-state index in [2.05, 4.69) is 9.97 Å². The Labute approximate surface area is 94.2 Å². The van der Waals surface area contributed by atoms with Crippen LogP contribution in [0, 0.1) is 0 Å². The number of thiazole rings is 2. The molecule has 6 heteroatoms. The quantitative estimate of drug-likeness (QED) is 0.724. The summed E-state index contributed by atoms with van der Waals surface area (Å²) in [6.07, 6.45) is 3.45. The Bertz CT molecular complexity index is 304. The van der Waals surface area contributed by atoms with Crippen LogP contribution in [0.5, 0.6) is 0 Å². The van der Waals surface area contributed by atoms with Crippen LogP contribution >= 0.6 is 45.9 Å². The maximum atomic E-state index is 5.49. The molecule has 2 aromatic heterocycles. The van der Waals surface area contributed by atoms with E-state index in [0.29, 0.717) is 10.3 Å². The van der Waals surface area contributed by atoms with E-state index in [0.717, 1.165) is 4.88 Å². The minimum Gasteiger partial charge on any atom is -0.253 e. The molecule has 0 spiro atoms. The van der Waals surface area contributed by atoms with Crippen molar-refractivity contribution < 1.29 is 0 Å². The zero-order valence-corrected chi connectivity index (χ0v) is 9.63. The van der Waals surface area contributed by atoms with Crippen LogP contribution in [-0.4, -0.2) is 9.97 Å². The second-order valence-corrected chi connectivity index (χ2v) is 4.61. The van der Waals surface area contributed by atoms with Gasteiger partial charge >= 0.3 is 0 Å². The molecule has 2 aromatic rings. The Morgan fingerprint density at radius 1 is 1.46 bits per heavy atom. The molecule has 0 aliphatic carbocycles. The lowest BCUT2D eigenvalue weighted by Crippen LogP contribution is -1.60. The summed E-state index contributed by atoms with van der Waals surface area (Å²) in [6, 6.07) is 0. The highest BCUT2D eigenvalue weighted by Gasteiger charge is 1.94. The lowest BCUT2D eigenvalue weighted by atomic mass is 10.6. The highest BCUT2D eigenvalue weighted by molar-refractivity contribution is 7.15. The molecule has 0 N–H and O–H groups in total. The van der Waals surface area contributed by atoms with Crippen LogP contribution in [0.1, 0.15) is 4.88 Å². The van der Waals surface area contributed by atoms with Crippen LogP contribution < -0.4 is 0 Å². The summed E-state index contributed by atoms with van der Waals surface area (Å²) in [5.41, 5.74) is 1.79. The van der Waals surface area contributed by atoms with Crippen LogP contribution in [-0.2, 0) is 5.88 Å². The van der Waals surface area contributed by atoms with Gasteiger partial charge in [0.05, 0.1) is 11.4 Å². The van der Waals surface area contributed by atoms with Crippen molar-refractivity contribution >= 4 is 45.9 Å². The number of rotatable bonds is 1. The average molecular weight is 253 g/mol. The maximum absolute atomic E-state index is 5.49. The number of hydrogen-bond acceptors (Lipinski definition) is 4. The smallest absolute Gasteiger partial charge is 0.183 e. The molecule has 0 aromatic carbocycles. The molecule has 0 radical (unpaired) electrons. The number of nitrogens with zero attached hydrogens (tertiary/aromatic N) is 2. The van der Waals surface area contributed by atoms with Crippen molar-refractivity contribution in [3.05, 3.63) is 32.6 Å². The van der Waals surface area contributed by atoms with Gasteiger partial charge < -0.3 is 0 Å². The van der Waals surface area contributed by atoms with Crippen molar-refractivity contribution in [2.45, 2.75) is 5.88 Å². The van der Waals surface area contributed by atoms with E-state index in [1.807, 2.05) is 5.38 Å². The fraction of sp³-hybridized carbons (Fsp3) is 0.143. The van der Waals surface area contributed by atoms with Gasteiger partial charge in [-0.15, -0.1) is 34.3 Å². The SMILES string of the molecule is ClCc1cnc(Cl)s1.c1cscn1. The summed E-state index contributed by atoms with van der Waals surface area (Å²) < 4.78 is 0.556. The molecule has 13 heavy (non-hydrogen) atoms. The van der Waals surface area contributed by atoms with Gasteiger partial charge in [-0.25, -0.2) is 4.98 Å². The molecule has 0 bridgehead atoms. The van der Waals surface area contributed by atoms with E-state index >= 15 is 0 Å². The third-order valence-corrected chi connectivity index (χ3v) is 3.09. The van der Waals surface area contributed by atoms with Crippen LogP contribution in [0.4, 0.5) is 0 Å². The fourth-order valence-corrected chi connectivity index (χ4v) is 1.93. The lowest BCUT2D eigenvalue weighted by molar-refractivity contribution is 1.37. The van der Waals surface area contributed by atoms with Crippen LogP contribution in [0.3, 0.4) is 0 Å².